The highest BCUT2D eigenvalue weighted by molar-refractivity contribution is 7.89. The molecule has 1 aromatic heterocycles. The van der Waals surface area contributed by atoms with Gasteiger partial charge in [-0.05, 0) is 32.1 Å². The lowest BCUT2D eigenvalue weighted by molar-refractivity contribution is 0.121. The van der Waals surface area contributed by atoms with E-state index in [0.29, 0.717) is 44.5 Å². The third kappa shape index (κ3) is 4.66. The second kappa shape index (κ2) is 8.63. The maximum atomic E-state index is 12.6. The molecule has 3 aliphatic rings. The van der Waals surface area contributed by atoms with Gasteiger partial charge in [0.15, 0.2) is 0 Å². The summed E-state index contributed by atoms with van der Waals surface area (Å²) in [5.41, 5.74) is 2.10. The molecule has 0 N–H and O–H groups in total. The fourth-order valence-electron chi connectivity index (χ4n) is 3.92. The summed E-state index contributed by atoms with van der Waals surface area (Å²) >= 11 is 0. The number of nitrogens with zero attached hydrogens (tertiary/aromatic N) is 3. The molecule has 2 fully saturated rings. The zero-order valence-electron chi connectivity index (χ0n) is 16.7. The molecule has 1 saturated carbocycles. The zero-order valence-corrected chi connectivity index (χ0v) is 17.5. The molecule has 0 unspecified atom stereocenters. The summed E-state index contributed by atoms with van der Waals surface area (Å²) in [6, 6.07) is 0. The molecule has 8 heteroatoms. The monoisotopic (exact) mass is 409 g/mol. The molecule has 2 aliphatic heterocycles. The summed E-state index contributed by atoms with van der Waals surface area (Å²) in [7, 11) is -3.20. The van der Waals surface area contributed by atoms with E-state index in [1.807, 2.05) is 6.92 Å². The van der Waals surface area contributed by atoms with Crippen LogP contribution in [0.4, 0.5) is 0 Å². The Morgan fingerprint density at radius 3 is 2.79 bits per heavy atom. The van der Waals surface area contributed by atoms with Gasteiger partial charge in [0.2, 0.25) is 15.9 Å². The van der Waals surface area contributed by atoms with E-state index in [2.05, 4.69) is 0 Å². The Morgan fingerprint density at radius 1 is 1.18 bits per heavy atom. The number of rotatable bonds is 7. The van der Waals surface area contributed by atoms with Gasteiger partial charge in [0, 0.05) is 30.9 Å². The van der Waals surface area contributed by atoms with E-state index < -0.39 is 10.0 Å². The Balaban J connectivity index is 1.52. The standard InChI is InChI=1S/C20H31N3O4S/c1-2-3-13-28(24,25)23-10-4-5-16(14-23)27-20-17-8-11-26-12-9-18(17)21-19(22-20)15-6-7-15/h15-16H,2-14H2,1H3/t16-/m0/s1. The van der Waals surface area contributed by atoms with Crippen LogP contribution in [0.5, 0.6) is 5.88 Å². The lowest BCUT2D eigenvalue weighted by Crippen LogP contribution is -2.45. The molecule has 1 saturated heterocycles. The van der Waals surface area contributed by atoms with Crippen molar-refractivity contribution in [3.63, 3.8) is 0 Å². The van der Waals surface area contributed by atoms with E-state index >= 15 is 0 Å². The van der Waals surface area contributed by atoms with Crippen molar-refractivity contribution >= 4 is 10.0 Å². The number of hydrogen-bond donors (Lipinski definition) is 0. The second-order valence-electron chi connectivity index (χ2n) is 8.11. The molecule has 3 heterocycles. The van der Waals surface area contributed by atoms with Crippen molar-refractivity contribution in [2.75, 3.05) is 32.1 Å². The van der Waals surface area contributed by atoms with Crippen LogP contribution in [-0.2, 0) is 27.6 Å². The Labute approximate surface area is 167 Å². The van der Waals surface area contributed by atoms with E-state index in [0.717, 1.165) is 62.0 Å². The van der Waals surface area contributed by atoms with Crippen LogP contribution in [0.25, 0.3) is 0 Å². The van der Waals surface area contributed by atoms with Crippen molar-refractivity contribution in [2.45, 2.75) is 70.3 Å². The van der Waals surface area contributed by atoms with Crippen molar-refractivity contribution in [3.8, 4) is 5.88 Å². The van der Waals surface area contributed by atoms with Crippen molar-refractivity contribution in [3.05, 3.63) is 17.1 Å². The highest BCUT2D eigenvalue weighted by Gasteiger charge is 2.33. The number of unbranched alkanes of at least 4 members (excludes halogenated alkanes) is 1. The molecule has 0 spiro atoms. The summed E-state index contributed by atoms with van der Waals surface area (Å²) < 4.78 is 38.8. The fraction of sp³-hybridized carbons (Fsp3) is 0.800. The van der Waals surface area contributed by atoms with E-state index in [1.54, 1.807) is 4.31 Å². The smallest absolute Gasteiger partial charge is 0.220 e. The van der Waals surface area contributed by atoms with Gasteiger partial charge in [-0.3, -0.25) is 0 Å². The Morgan fingerprint density at radius 2 is 2.00 bits per heavy atom. The topological polar surface area (TPSA) is 81.6 Å². The van der Waals surface area contributed by atoms with Gasteiger partial charge in [0.05, 0.1) is 31.2 Å². The number of fused-ring (bicyclic) bond motifs is 1. The molecule has 4 rings (SSSR count). The predicted octanol–water partition coefficient (Wildman–Crippen LogP) is 2.44. The summed E-state index contributed by atoms with van der Waals surface area (Å²) in [4.78, 5) is 9.56. The normalized spacial score (nSPS) is 23.8. The van der Waals surface area contributed by atoms with Crippen molar-refractivity contribution in [1.82, 2.24) is 14.3 Å². The van der Waals surface area contributed by atoms with Crippen LogP contribution in [0.3, 0.4) is 0 Å². The lowest BCUT2D eigenvalue weighted by Gasteiger charge is -2.32. The van der Waals surface area contributed by atoms with Gasteiger partial charge >= 0.3 is 0 Å². The molecule has 0 amide bonds. The average molecular weight is 410 g/mol. The first-order valence-corrected chi connectivity index (χ1v) is 12.3. The Bertz CT molecular complexity index is 795. The third-order valence-electron chi connectivity index (χ3n) is 5.76. The quantitative estimate of drug-likeness (QED) is 0.688. The van der Waals surface area contributed by atoms with Crippen LogP contribution in [0.1, 0.15) is 68.4 Å². The summed E-state index contributed by atoms with van der Waals surface area (Å²) in [6.45, 7) is 4.35. The molecule has 0 aromatic carbocycles. The molecule has 1 atom stereocenters. The van der Waals surface area contributed by atoms with Crippen LogP contribution in [0.2, 0.25) is 0 Å². The highest BCUT2D eigenvalue weighted by atomic mass is 32.2. The first-order valence-electron chi connectivity index (χ1n) is 10.7. The number of sulfonamides is 1. The molecule has 1 aliphatic carbocycles. The molecule has 7 nitrogen and oxygen atoms in total. The molecule has 0 bridgehead atoms. The van der Waals surface area contributed by atoms with Gasteiger partial charge in [0.25, 0.3) is 0 Å². The van der Waals surface area contributed by atoms with Crippen LogP contribution in [0, 0.1) is 0 Å². The van der Waals surface area contributed by atoms with E-state index in [1.165, 1.54) is 0 Å². The van der Waals surface area contributed by atoms with Gasteiger partial charge in [-0.25, -0.2) is 13.4 Å². The van der Waals surface area contributed by atoms with Crippen LogP contribution in [-0.4, -0.2) is 60.9 Å². The number of hydrogen-bond acceptors (Lipinski definition) is 6. The largest absolute Gasteiger partial charge is 0.473 e. The maximum Gasteiger partial charge on any atom is 0.220 e. The molecular weight excluding hydrogens is 378 g/mol. The lowest BCUT2D eigenvalue weighted by atomic mass is 10.1. The number of aromatic nitrogens is 2. The molecule has 28 heavy (non-hydrogen) atoms. The first kappa shape index (κ1) is 20.0. The second-order valence-corrected chi connectivity index (χ2v) is 10.2. The van der Waals surface area contributed by atoms with Crippen molar-refractivity contribution in [2.24, 2.45) is 0 Å². The fourth-order valence-corrected chi connectivity index (χ4v) is 5.63. The van der Waals surface area contributed by atoms with E-state index in [9.17, 15) is 8.42 Å². The Hall–Kier alpha value is -1.25. The molecule has 1 aromatic rings. The predicted molar refractivity (Wildman–Crippen MR) is 106 cm³/mol. The van der Waals surface area contributed by atoms with Gasteiger partial charge in [-0.2, -0.15) is 9.29 Å². The minimum atomic E-state index is -3.20. The minimum absolute atomic E-state index is 0.152. The molecule has 156 valence electrons. The average Bonchev–Trinajstić information content (AvgIpc) is 3.53. The molecular formula is C20H31N3O4S. The maximum absolute atomic E-state index is 12.6. The zero-order chi connectivity index (χ0) is 19.6. The number of ether oxygens (including phenoxy) is 2. The van der Waals surface area contributed by atoms with Crippen molar-refractivity contribution in [1.29, 1.82) is 0 Å². The summed E-state index contributed by atoms with van der Waals surface area (Å²) in [6.07, 6.45) is 6.93. The minimum Gasteiger partial charge on any atom is -0.473 e. The molecule has 0 radical (unpaired) electrons. The highest BCUT2D eigenvalue weighted by Crippen LogP contribution is 2.40. The van der Waals surface area contributed by atoms with E-state index in [4.69, 9.17) is 19.4 Å². The van der Waals surface area contributed by atoms with Crippen LogP contribution >= 0.6 is 0 Å². The number of piperidine rings is 1. The van der Waals surface area contributed by atoms with Crippen molar-refractivity contribution < 1.29 is 17.9 Å². The SMILES string of the molecule is CCCCS(=O)(=O)N1CCC[C@H](Oc2nc(C3CC3)nc3c2CCOCC3)C1. The summed E-state index contributed by atoms with van der Waals surface area (Å²) in [5.74, 6) is 2.23. The summed E-state index contributed by atoms with van der Waals surface area (Å²) in [5, 5.41) is 0. The van der Waals surface area contributed by atoms with Gasteiger partial charge < -0.3 is 9.47 Å². The van der Waals surface area contributed by atoms with E-state index in [-0.39, 0.29) is 11.9 Å². The third-order valence-corrected chi connectivity index (χ3v) is 7.69. The van der Waals surface area contributed by atoms with Gasteiger partial charge in [0.1, 0.15) is 11.9 Å². The van der Waals surface area contributed by atoms with Crippen LogP contribution in [0.15, 0.2) is 0 Å². The Kier molecular flexibility index (Phi) is 6.18. The van der Waals surface area contributed by atoms with Gasteiger partial charge in [-0.15, -0.1) is 0 Å². The van der Waals surface area contributed by atoms with Gasteiger partial charge in [-0.1, -0.05) is 13.3 Å². The van der Waals surface area contributed by atoms with Crippen LogP contribution < -0.4 is 4.74 Å². The first-order chi connectivity index (χ1) is 13.6.